The fourth-order valence-corrected chi connectivity index (χ4v) is 2.36. The zero-order valence-corrected chi connectivity index (χ0v) is 12.0. The molecule has 5 heteroatoms. The van der Waals surface area contributed by atoms with Crippen LogP contribution in [0.5, 0.6) is 0 Å². The summed E-state index contributed by atoms with van der Waals surface area (Å²) in [7, 11) is 0. The molecule has 0 aliphatic carbocycles. The van der Waals surface area contributed by atoms with Crippen molar-refractivity contribution < 1.29 is 9.63 Å². The van der Waals surface area contributed by atoms with Gasteiger partial charge in [0.15, 0.2) is 5.82 Å². The minimum Gasteiger partial charge on any atom is -0.392 e. The molecule has 0 fully saturated rings. The first-order valence-electron chi connectivity index (χ1n) is 6.31. The molecule has 0 unspecified atom stereocenters. The first-order valence-corrected chi connectivity index (χ1v) is 7.30. The van der Waals surface area contributed by atoms with Crippen LogP contribution in [0.1, 0.15) is 31.1 Å². The van der Waals surface area contributed by atoms with E-state index in [9.17, 15) is 0 Å². The molecule has 102 valence electrons. The lowest BCUT2D eigenvalue weighted by Crippen LogP contribution is -1.94. The van der Waals surface area contributed by atoms with Crippen LogP contribution in [-0.2, 0) is 18.8 Å². The van der Waals surface area contributed by atoms with Crippen LogP contribution in [0.4, 0.5) is 0 Å². The highest BCUT2D eigenvalue weighted by Crippen LogP contribution is 2.22. The van der Waals surface area contributed by atoms with Gasteiger partial charge in [0, 0.05) is 11.3 Å². The van der Waals surface area contributed by atoms with Gasteiger partial charge in [-0.2, -0.15) is 4.98 Å². The lowest BCUT2D eigenvalue weighted by atomic mass is 10.1. The highest BCUT2D eigenvalue weighted by molar-refractivity contribution is 7.98. The number of nitrogens with zero attached hydrogens (tertiary/aromatic N) is 2. The third-order valence-corrected chi connectivity index (χ3v) is 3.57. The molecule has 2 aromatic rings. The summed E-state index contributed by atoms with van der Waals surface area (Å²) in [6.45, 7) is 4.33. The van der Waals surface area contributed by atoms with Crippen LogP contribution in [0.3, 0.4) is 0 Å². The molecule has 19 heavy (non-hydrogen) atoms. The molecule has 1 heterocycles. The summed E-state index contributed by atoms with van der Waals surface area (Å²) in [5.41, 5.74) is 0.920. The predicted molar refractivity (Wildman–Crippen MR) is 74.8 cm³/mol. The van der Waals surface area contributed by atoms with Gasteiger partial charge in [0.05, 0.1) is 12.4 Å². The summed E-state index contributed by atoms with van der Waals surface area (Å²) >= 11 is 1.66. The van der Waals surface area contributed by atoms with Crippen molar-refractivity contribution in [3.05, 3.63) is 41.5 Å². The topological polar surface area (TPSA) is 59.2 Å². The Bertz CT molecular complexity index is 508. The quantitative estimate of drug-likeness (QED) is 0.823. The molecule has 0 saturated carbocycles. The van der Waals surface area contributed by atoms with Crippen molar-refractivity contribution in [1.82, 2.24) is 10.1 Å². The third kappa shape index (κ3) is 4.36. The van der Waals surface area contributed by atoms with Crippen LogP contribution in [0.25, 0.3) is 0 Å². The van der Waals surface area contributed by atoms with E-state index in [0.29, 0.717) is 17.6 Å². The van der Waals surface area contributed by atoms with Gasteiger partial charge >= 0.3 is 0 Å². The van der Waals surface area contributed by atoms with Crippen LogP contribution >= 0.6 is 11.8 Å². The van der Waals surface area contributed by atoms with Gasteiger partial charge in [-0.05, 0) is 23.6 Å². The van der Waals surface area contributed by atoms with E-state index in [1.54, 1.807) is 11.8 Å². The molecule has 1 aromatic carbocycles. The Morgan fingerprint density at radius 2 is 2.00 bits per heavy atom. The molecule has 2 rings (SSSR count). The number of benzene rings is 1. The van der Waals surface area contributed by atoms with Gasteiger partial charge in [-0.25, -0.2) is 0 Å². The number of aliphatic hydroxyl groups excluding tert-OH is 1. The summed E-state index contributed by atoms with van der Waals surface area (Å²) in [4.78, 5) is 5.49. The van der Waals surface area contributed by atoms with Crippen LogP contribution in [0, 0.1) is 5.92 Å². The number of thioether (sulfide) groups is 1. The average Bonchev–Trinajstić information content (AvgIpc) is 2.84. The van der Waals surface area contributed by atoms with E-state index >= 15 is 0 Å². The smallest absolute Gasteiger partial charge is 0.226 e. The molecular weight excluding hydrogens is 260 g/mol. The van der Waals surface area contributed by atoms with Crippen molar-refractivity contribution in [3.8, 4) is 0 Å². The lowest BCUT2D eigenvalue weighted by molar-refractivity contribution is 0.282. The van der Waals surface area contributed by atoms with Crippen molar-refractivity contribution in [2.45, 2.75) is 37.5 Å². The maximum atomic E-state index is 8.97. The third-order valence-electron chi connectivity index (χ3n) is 2.57. The van der Waals surface area contributed by atoms with E-state index in [2.05, 4.69) is 24.0 Å². The number of aliphatic hydroxyl groups is 1. The Balaban J connectivity index is 1.89. The highest BCUT2D eigenvalue weighted by Gasteiger charge is 2.08. The second kappa shape index (κ2) is 6.73. The molecule has 1 N–H and O–H groups in total. The monoisotopic (exact) mass is 278 g/mol. The molecule has 1 aromatic heterocycles. The first-order chi connectivity index (χ1) is 9.17. The maximum Gasteiger partial charge on any atom is 0.226 e. The molecule has 0 atom stereocenters. The SMILES string of the molecule is CC(C)Cc1nc(CSc2ccc(CO)cc2)no1. The Morgan fingerprint density at radius 1 is 1.26 bits per heavy atom. The minimum atomic E-state index is 0.0777. The van der Waals surface area contributed by atoms with Crippen LogP contribution in [-0.4, -0.2) is 15.2 Å². The highest BCUT2D eigenvalue weighted by atomic mass is 32.2. The Hall–Kier alpha value is -1.33. The van der Waals surface area contributed by atoms with Crippen molar-refractivity contribution in [2.75, 3.05) is 0 Å². The summed E-state index contributed by atoms with van der Waals surface area (Å²) in [6, 6.07) is 7.82. The van der Waals surface area contributed by atoms with Gasteiger partial charge in [-0.3, -0.25) is 0 Å². The number of hydrogen-bond donors (Lipinski definition) is 1. The van der Waals surface area contributed by atoms with Crippen LogP contribution in [0.2, 0.25) is 0 Å². The van der Waals surface area contributed by atoms with E-state index in [1.807, 2.05) is 24.3 Å². The Labute approximate surface area is 117 Å². The predicted octanol–water partition coefficient (Wildman–Crippen LogP) is 3.05. The molecule has 0 saturated heterocycles. The average molecular weight is 278 g/mol. The second-order valence-corrected chi connectivity index (χ2v) is 5.84. The zero-order chi connectivity index (χ0) is 13.7. The van der Waals surface area contributed by atoms with E-state index in [1.165, 1.54) is 0 Å². The van der Waals surface area contributed by atoms with Gasteiger partial charge in [-0.15, -0.1) is 11.8 Å². The maximum absolute atomic E-state index is 8.97. The van der Waals surface area contributed by atoms with Gasteiger partial charge in [0.1, 0.15) is 0 Å². The number of rotatable bonds is 6. The minimum absolute atomic E-state index is 0.0777. The lowest BCUT2D eigenvalue weighted by Gasteiger charge is -2.00. The fraction of sp³-hybridized carbons (Fsp3) is 0.429. The normalized spacial score (nSPS) is 11.2. The van der Waals surface area contributed by atoms with Crippen molar-refractivity contribution in [2.24, 2.45) is 5.92 Å². The number of hydrogen-bond acceptors (Lipinski definition) is 5. The summed E-state index contributed by atoms with van der Waals surface area (Å²) in [5, 5.41) is 12.9. The van der Waals surface area contributed by atoms with E-state index < -0.39 is 0 Å². The first kappa shape index (κ1) is 14.1. The molecular formula is C14H18N2O2S. The molecule has 0 aliphatic heterocycles. The summed E-state index contributed by atoms with van der Waals surface area (Å²) in [6.07, 6.45) is 0.822. The molecule has 0 bridgehead atoms. The molecule has 0 amide bonds. The standard InChI is InChI=1S/C14H18N2O2S/c1-10(2)7-14-15-13(16-18-14)9-19-12-5-3-11(8-17)4-6-12/h3-6,10,17H,7-9H2,1-2H3. The largest absolute Gasteiger partial charge is 0.392 e. The molecule has 0 spiro atoms. The van der Waals surface area contributed by atoms with Crippen molar-refractivity contribution in [3.63, 3.8) is 0 Å². The van der Waals surface area contributed by atoms with Crippen molar-refractivity contribution in [1.29, 1.82) is 0 Å². The van der Waals surface area contributed by atoms with Gasteiger partial charge < -0.3 is 9.63 Å². The van der Waals surface area contributed by atoms with Crippen LogP contribution < -0.4 is 0 Å². The van der Waals surface area contributed by atoms with E-state index in [4.69, 9.17) is 9.63 Å². The second-order valence-electron chi connectivity index (χ2n) is 4.79. The molecule has 0 aliphatic rings. The fourth-order valence-electron chi connectivity index (χ4n) is 1.62. The van der Waals surface area contributed by atoms with Gasteiger partial charge in [0.25, 0.3) is 0 Å². The molecule has 0 radical (unpaired) electrons. The Kier molecular flexibility index (Phi) is 4.99. The number of aromatic nitrogens is 2. The molecule has 4 nitrogen and oxygen atoms in total. The van der Waals surface area contributed by atoms with Gasteiger partial charge in [-0.1, -0.05) is 31.1 Å². The summed E-state index contributed by atoms with van der Waals surface area (Å²) < 4.78 is 5.19. The van der Waals surface area contributed by atoms with Crippen molar-refractivity contribution >= 4 is 11.8 Å². The van der Waals surface area contributed by atoms with E-state index in [-0.39, 0.29) is 6.61 Å². The Morgan fingerprint density at radius 3 is 2.63 bits per heavy atom. The van der Waals surface area contributed by atoms with Crippen LogP contribution in [0.15, 0.2) is 33.7 Å². The van der Waals surface area contributed by atoms with E-state index in [0.717, 1.165) is 22.7 Å². The zero-order valence-electron chi connectivity index (χ0n) is 11.2. The summed E-state index contributed by atoms with van der Waals surface area (Å²) in [5.74, 6) is 2.65. The van der Waals surface area contributed by atoms with Gasteiger partial charge in [0.2, 0.25) is 5.89 Å².